The number of aromatic nitrogens is 2. The second-order valence-corrected chi connectivity index (χ2v) is 7.53. The Labute approximate surface area is 148 Å². The van der Waals surface area contributed by atoms with Gasteiger partial charge in [0.15, 0.2) is 0 Å². The molecule has 2 heterocycles. The number of aliphatic hydroxyl groups is 1. The maximum absolute atomic E-state index is 12.6. The summed E-state index contributed by atoms with van der Waals surface area (Å²) >= 11 is 0. The van der Waals surface area contributed by atoms with Crippen LogP contribution in [0.5, 0.6) is 0 Å². The molecule has 134 valence electrons. The lowest BCUT2D eigenvalue weighted by atomic mass is 9.87. The lowest BCUT2D eigenvalue weighted by Crippen LogP contribution is -2.43. The molecule has 1 fully saturated rings. The average Bonchev–Trinajstić information content (AvgIpc) is 2.99. The first kappa shape index (κ1) is 17.5. The summed E-state index contributed by atoms with van der Waals surface area (Å²) in [7, 11) is 0. The molecule has 0 unspecified atom stereocenters. The SMILES string of the molecule is CC1(C)C[C@H](O)CCN(C(=O)NCc2cn[nH]c2-c2ccccc2)C1. The van der Waals surface area contributed by atoms with Gasteiger partial charge >= 0.3 is 6.03 Å². The van der Waals surface area contributed by atoms with E-state index in [-0.39, 0.29) is 17.6 Å². The third-order valence-electron chi connectivity index (χ3n) is 4.64. The molecule has 1 aliphatic rings. The number of benzene rings is 1. The molecule has 6 nitrogen and oxygen atoms in total. The molecule has 0 radical (unpaired) electrons. The fourth-order valence-electron chi connectivity index (χ4n) is 3.46. The summed E-state index contributed by atoms with van der Waals surface area (Å²) in [4.78, 5) is 14.4. The Morgan fingerprint density at radius 2 is 2.16 bits per heavy atom. The van der Waals surface area contributed by atoms with Crippen molar-refractivity contribution in [2.75, 3.05) is 13.1 Å². The van der Waals surface area contributed by atoms with Gasteiger partial charge in [0.2, 0.25) is 0 Å². The van der Waals surface area contributed by atoms with Gasteiger partial charge in [0, 0.05) is 25.2 Å². The molecule has 25 heavy (non-hydrogen) atoms. The number of hydrogen-bond acceptors (Lipinski definition) is 3. The quantitative estimate of drug-likeness (QED) is 0.802. The van der Waals surface area contributed by atoms with Gasteiger partial charge in [0.05, 0.1) is 18.0 Å². The molecule has 1 saturated heterocycles. The predicted molar refractivity (Wildman–Crippen MR) is 96.9 cm³/mol. The normalized spacial score (nSPS) is 20.1. The Hall–Kier alpha value is -2.34. The summed E-state index contributed by atoms with van der Waals surface area (Å²) < 4.78 is 0. The first-order chi connectivity index (χ1) is 11.9. The molecule has 2 aromatic rings. The molecular formula is C19H26N4O2. The van der Waals surface area contributed by atoms with Crippen LogP contribution in [0.1, 0.15) is 32.3 Å². The lowest BCUT2D eigenvalue weighted by Gasteiger charge is -2.29. The number of urea groups is 1. The molecule has 2 amide bonds. The van der Waals surface area contributed by atoms with Gasteiger partial charge in [-0.1, -0.05) is 44.2 Å². The number of rotatable bonds is 3. The monoisotopic (exact) mass is 342 g/mol. The molecule has 3 rings (SSSR count). The van der Waals surface area contributed by atoms with Gasteiger partial charge in [-0.3, -0.25) is 5.10 Å². The van der Waals surface area contributed by atoms with Gasteiger partial charge in [-0.05, 0) is 23.8 Å². The Morgan fingerprint density at radius 3 is 2.92 bits per heavy atom. The summed E-state index contributed by atoms with van der Waals surface area (Å²) in [5.74, 6) is 0. The number of H-pyrrole nitrogens is 1. The fraction of sp³-hybridized carbons (Fsp3) is 0.474. The van der Waals surface area contributed by atoms with Gasteiger partial charge in [0.1, 0.15) is 0 Å². The van der Waals surface area contributed by atoms with Crippen molar-refractivity contribution in [3.63, 3.8) is 0 Å². The van der Waals surface area contributed by atoms with Gasteiger partial charge in [-0.25, -0.2) is 4.79 Å². The van der Waals surface area contributed by atoms with Crippen molar-refractivity contribution in [2.45, 2.75) is 39.3 Å². The summed E-state index contributed by atoms with van der Waals surface area (Å²) in [5.41, 5.74) is 2.84. The summed E-state index contributed by atoms with van der Waals surface area (Å²) in [6.45, 7) is 5.82. The van der Waals surface area contributed by atoms with Crippen molar-refractivity contribution < 1.29 is 9.90 Å². The Kier molecular flexibility index (Phi) is 5.08. The van der Waals surface area contributed by atoms with Crippen LogP contribution >= 0.6 is 0 Å². The zero-order valence-corrected chi connectivity index (χ0v) is 14.8. The summed E-state index contributed by atoms with van der Waals surface area (Å²) in [6.07, 6.45) is 2.75. The molecule has 1 aromatic carbocycles. The van der Waals surface area contributed by atoms with Gasteiger partial charge in [-0.2, -0.15) is 5.10 Å². The minimum Gasteiger partial charge on any atom is -0.393 e. The van der Waals surface area contributed by atoms with Crippen LogP contribution in [0.25, 0.3) is 11.3 Å². The number of aromatic amines is 1. The maximum Gasteiger partial charge on any atom is 0.317 e. The largest absolute Gasteiger partial charge is 0.393 e. The average molecular weight is 342 g/mol. The molecule has 1 aliphatic heterocycles. The topological polar surface area (TPSA) is 81.2 Å². The number of nitrogens with zero attached hydrogens (tertiary/aromatic N) is 2. The van der Waals surface area contributed by atoms with E-state index < -0.39 is 0 Å². The van der Waals surface area contributed by atoms with E-state index in [0.29, 0.717) is 26.1 Å². The second-order valence-electron chi connectivity index (χ2n) is 7.53. The van der Waals surface area contributed by atoms with Crippen LogP contribution in [-0.4, -0.2) is 45.4 Å². The highest BCUT2D eigenvalue weighted by molar-refractivity contribution is 5.74. The van der Waals surface area contributed by atoms with Crippen molar-refractivity contribution in [3.05, 3.63) is 42.1 Å². The Bertz CT molecular complexity index is 711. The van der Waals surface area contributed by atoms with Crippen LogP contribution in [0.15, 0.2) is 36.5 Å². The van der Waals surface area contributed by atoms with Crippen molar-refractivity contribution in [1.82, 2.24) is 20.4 Å². The van der Waals surface area contributed by atoms with Crippen LogP contribution in [0, 0.1) is 5.41 Å². The molecule has 0 saturated carbocycles. The Balaban J connectivity index is 1.64. The van der Waals surface area contributed by atoms with Crippen LogP contribution < -0.4 is 5.32 Å². The van der Waals surface area contributed by atoms with Crippen molar-refractivity contribution in [2.24, 2.45) is 5.41 Å². The number of amides is 2. The van der Waals surface area contributed by atoms with E-state index in [2.05, 4.69) is 29.4 Å². The number of carbonyl (C=O) groups excluding carboxylic acids is 1. The van der Waals surface area contributed by atoms with Crippen molar-refractivity contribution >= 4 is 6.03 Å². The number of hydrogen-bond donors (Lipinski definition) is 3. The van der Waals surface area contributed by atoms with E-state index in [0.717, 1.165) is 23.2 Å². The highest BCUT2D eigenvalue weighted by Crippen LogP contribution is 2.28. The molecular weight excluding hydrogens is 316 g/mol. The maximum atomic E-state index is 12.6. The van der Waals surface area contributed by atoms with Crippen LogP contribution in [0.4, 0.5) is 4.79 Å². The molecule has 6 heteroatoms. The number of likely N-dealkylation sites (tertiary alicyclic amines) is 1. The first-order valence-electron chi connectivity index (χ1n) is 8.73. The highest BCUT2D eigenvalue weighted by atomic mass is 16.3. The van der Waals surface area contributed by atoms with E-state index >= 15 is 0 Å². The second kappa shape index (κ2) is 7.27. The molecule has 0 bridgehead atoms. The van der Waals surface area contributed by atoms with Crippen LogP contribution in [0.3, 0.4) is 0 Å². The minimum atomic E-state index is -0.341. The number of aliphatic hydroxyl groups excluding tert-OH is 1. The van der Waals surface area contributed by atoms with Gasteiger partial charge < -0.3 is 15.3 Å². The highest BCUT2D eigenvalue weighted by Gasteiger charge is 2.31. The molecule has 3 N–H and O–H groups in total. The van der Waals surface area contributed by atoms with E-state index in [9.17, 15) is 9.90 Å². The van der Waals surface area contributed by atoms with Gasteiger partial charge in [-0.15, -0.1) is 0 Å². The standard InChI is InChI=1S/C19H26N4O2/c1-19(2)10-16(24)8-9-23(13-19)18(25)20-11-15-12-21-22-17(15)14-6-4-3-5-7-14/h3-7,12,16,24H,8-11,13H2,1-2H3,(H,20,25)(H,21,22)/t16-/m1/s1. The van der Waals surface area contributed by atoms with E-state index in [4.69, 9.17) is 0 Å². The van der Waals surface area contributed by atoms with Crippen LogP contribution in [-0.2, 0) is 6.54 Å². The molecule has 0 aliphatic carbocycles. The van der Waals surface area contributed by atoms with Crippen molar-refractivity contribution in [3.8, 4) is 11.3 Å². The first-order valence-corrected chi connectivity index (χ1v) is 8.73. The van der Waals surface area contributed by atoms with Crippen molar-refractivity contribution in [1.29, 1.82) is 0 Å². The third kappa shape index (κ3) is 4.39. The number of nitrogens with one attached hydrogen (secondary N) is 2. The van der Waals surface area contributed by atoms with E-state index in [1.165, 1.54) is 0 Å². The lowest BCUT2D eigenvalue weighted by molar-refractivity contribution is 0.121. The Morgan fingerprint density at radius 1 is 1.40 bits per heavy atom. The van der Waals surface area contributed by atoms with E-state index in [1.54, 1.807) is 11.1 Å². The fourth-order valence-corrected chi connectivity index (χ4v) is 3.46. The van der Waals surface area contributed by atoms with Gasteiger partial charge in [0.25, 0.3) is 0 Å². The number of carbonyl (C=O) groups is 1. The zero-order valence-electron chi connectivity index (χ0n) is 14.8. The smallest absolute Gasteiger partial charge is 0.317 e. The summed E-state index contributed by atoms with van der Waals surface area (Å²) in [5, 5.41) is 20.1. The predicted octanol–water partition coefficient (Wildman–Crippen LogP) is 2.77. The van der Waals surface area contributed by atoms with Crippen LogP contribution in [0.2, 0.25) is 0 Å². The zero-order chi connectivity index (χ0) is 17.9. The molecule has 1 atom stereocenters. The minimum absolute atomic E-state index is 0.0852. The summed E-state index contributed by atoms with van der Waals surface area (Å²) in [6, 6.07) is 9.85. The third-order valence-corrected chi connectivity index (χ3v) is 4.64. The van der Waals surface area contributed by atoms with E-state index in [1.807, 2.05) is 30.3 Å². The molecule has 1 aromatic heterocycles. The molecule has 0 spiro atoms.